The van der Waals surface area contributed by atoms with E-state index in [0.717, 1.165) is 6.42 Å². The zero-order chi connectivity index (χ0) is 15.9. The molecule has 2 rings (SSSR count). The molecule has 7 nitrogen and oxygen atoms in total. The van der Waals surface area contributed by atoms with Gasteiger partial charge in [-0.3, -0.25) is 4.79 Å². The fourth-order valence-corrected chi connectivity index (χ4v) is 2.57. The summed E-state index contributed by atoms with van der Waals surface area (Å²) in [6.07, 6.45) is 2.78. The van der Waals surface area contributed by atoms with Gasteiger partial charge in [-0.05, 0) is 18.6 Å². The minimum atomic E-state index is -0.195. The summed E-state index contributed by atoms with van der Waals surface area (Å²) >= 11 is 0. The lowest BCUT2D eigenvalue weighted by molar-refractivity contribution is 0.0513. The van der Waals surface area contributed by atoms with E-state index in [1.165, 1.54) is 0 Å². The maximum Gasteiger partial charge on any atom is 0.314 e. The zero-order valence-corrected chi connectivity index (χ0v) is 13.2. The van der Waals surface area contributed by atoms with Gasteiger partial charge in [0, 0.05) is 39.5 Å². The molecule has 0 aromatic carbocycles. The summed E-state index contributed by atoms with van der Waals surface area (Å²) < 4.78 is 7.02. The van der Waals surface area contributed by atoms with E-state index in [0.29, 0.717) is 38.5 Å². The van der Waals surface area contributed by atoms with Crippen molar-refractivity contribution in [2.45, 2.75) is 25.9 Å². The molecule has 0 saturated carbocycles. The number of urea groups is 1. The molecule has 1 aliphatic rings. The van der Waals surface area contributed by atoms with Gasteiger partial charge in [-0.15, -0.1) is 0 Å². The number of amides is 3. The molecule has 1 aliphatic heterocycles. The van der Waals surface area contributed by atoms with Gasteiger partial charge >= 0.3 is 6.03 Å². The van der Waals surface area contributed by atoms with E-state index in [1.54, 1.807) is 12.0 Å². The summed E-state index contributed by atoms with van der Waals surface area (Å²) in [6.45, 7) is 4.73. The lowest BCUT2D eigenvalue weighted by Crippen LogP contribution is -2.54. The van der Waals surface area contributed by atoms with Gasteiger partial charge < -0.3 is 24.8 Å². The quantitative estimate of drug-likeness (QED) is 0.777. The Bertz CT molecular complexity index is 515. The Morgan fingerprint density at radius 3 is 3.00 bits per heavy atom. The Balaban J connectivity index is 2.00. The Labute approximate surface area is 130 Å². The Hall–Kier alpha value is -2.02. The molecule has 0 bridgehead atoms. The molecule has 2 N–H and O–H groups in total. The minimum Gasteiger partial charge on any atom is -0.383 e. The highest BCUT2D eigenvalue weighted by Gasteiger charge is 2.31. The first-order valence-corrected chi connectivity index (χ1v) is 7.64. The molecular weight excluding hydrogens is 284 g/mol. The maximum atomic E-state index is 12.5. The van der Waals surface area contributed by atoms with E-state index in [9.17, 15) is 9.59 Å². The van der Waals surface area contributed by atoms with Crippen LogP contribution in [0.1, 0.15) is 23.8 Å². The summed E-state index contributed by atoms with van der Waals surface area (Å²) in [5.41, 5.74) is 0.683. The van der Waals surface area contributed by atoms with Gasteiger partial charge in [-0.2, -0.15) is 0 Å². The van der Waals surface area contributed by atoms with Gasteiger partial charge in [0.1, 0.15) is 5.69 Å². The van der Waals surface area contributed by atoms with Crippen LogP contribution >= 0.6 is 0 Å². The van der Waals surface area contributed by atoms with Gasteiger partial charge in [-0.25, -0.2) is 4.79 Å². The van der Waals surface area contributed by atoms with Gasteiger partial charge in [0.05, 0.1) is 12.6 Å². The molecular formula is C15H24N4O3. The minimum absolute atomic E-state index is 0.0194. The van der Waals surface area contributed by atoms with Crippen molar-refractivity contribution in [1.29, 1.82) is 0 Å². The Morgan fingerprint density at radius 2 is 2.27 bits per heavy atom. The number of ether oxygens (including phenoxy) is 1. The molecule has 1 unspecified atom stereocenters. The third-order valence-electron chi connectivity index (χ3n) is 3.73. The molecule has 7 heteroatoms. The second kappa shape index (κ2) is 7.84. The van der Waals surface area contributed by atoms with Crippen LogP contribution in [0.2, 0.25) is 0 Å². The Kier molecular flexibility index (Phi) is 5.83. The molecule has 0 aliphatic carbocycles. The predicted molar refractivity (Wildman–Crippen MR) is 82.8 cm³/mol. The highest BCUT2D eigenvalue weighted by Crippen LogP contribution is 2.17. The van der Waals surface area contributed by atoms with Crippen molar-refractivity contribution >= 4 is 11.9 Å². The Morgan fingerprint density at radius 1 is 1.45 bits per heavy atom. The summed E-state index contributed by atoms with van der Waals surface area (Å²) in [5.74, 6) is -0.0194. The van der Waals surface area contributed by atoms with Crippen molar-refractivity contribution < 1.29 is 14.3 Å². The average molecular weight is 308 g/mol. The summed E-state index contributed by atoms with van der Waals surface area (Å²) in [5, 5.41) is 5.61. The second-order valence-corrected chi connectivity index (χ2v) is 5.33. The van der Waals surface area contributed by atoms with Crippen molar-refractivity contribution in [3.8, 4) is 0 Å². The van der Waals surface area contributed by atoms with Crippen LogP contribution in [-0.4, -0.2) is 60.8 Å². The van der Waals surface area contributed by atoms with Gasteiger partial charge in [0.2, 0.25) is 0 Å². The molecule has 1 atom stereocenters. The third-order valence-corrected chi connectivity index (χ3v) is 3.73. The van der Waals surface area contributed by atoms with E-state index in [-0.39, 0.29) is 18.0 Å². The van der Waals surface area contributed by atoms with Crippen LogP contribution in [0.3, 0.4) is 0 Å². The number of rotatable bonds is 7. The standard InChI is InChI=1S/C15H24N4O3/c1-3-6-16-15(21)17-10-12-11-18-7-4-5-13(18)14(20)19(12)8-9-22-2/h4-5,7,12H,3,6,8-11H2,1-2H3,(H2,16,17,21). The highest BCUT2D eigenvalue weighted by molar-refractivity contribution is 5.93. The van der Waals surface area contributed by atoms with Crippen LogP contribution in [-0.2, 0) is 11.3 Å². The highest BCUT2D eigenvalue weighted by atomic mass is 16.5. The van der Waals surface area contributed by atoms with Crippen molar-refractivity contribution in [2.75, 3.05) is 33.4 Å². The number of aromatic nitrogens is 1. The van der Waals surface area contributed by atoms with E-state index >= 15 is 0 Å². The molecule has 1 aromatic rings. The van der Waals surface area contributed by atoms with E-state index in [1.807, 2.05) is 29.8 Å². The number of fused-ring (bicyclic) bond motifs is 1. The number of hydrogen-bond donors (Lipinski definition) is 2. The fourth-order valence-electron chi connectivity index (χ4n) is 2.57. The number of nitrogens with zero attached hydrogens (tertiary/aromatic N) is 2. The first kappa shape index (κ1) is 16.4. The number of nitrogens with one attached hydrogen (secondary N) is 2. The van der Waals surface area contributed by atoms with Crippen LogP contribution in [0.25, 0.3) is 0 Å². The van der Waals surface area contributed by atoms with E-state index in [4.69, 9.17) is 4.74 Å². The molecule has 0 fully saturated rings. The first-order valence-electron chi connectivity index (χ1n) is 7.64. The van der Waals surface area contributed by atoms with Crippen LogP contribution in [0.4, 0.5) is 4.79 Å². The molecule has 1 aromatic heterocycles. The summed E-state index contributed by atoms with van der Waals surface area (Å²) in [4.78, 5) is 26.0. The molecule has 122 valence electrons. The van der Waals surface area contributed by atoms with Crippen molar-refractivity contribution in [3.63, 3.8) is 0 Å². The largest absolute Gasteiger partial charge is 0.383 e. The SMILES string of the molecule is CCCNC(=O)NCC1Cn2cccc2C(=O)N1CCOC. The molecule has 0 spiro atoms. The monoisotopic (exact) mass is 308 g/mol. The molecule has 3 amide bonds. The topological polar surface area (TPSA) is 75.6 Å². The van der Waals surface area contributed by atoms with Crippen LogP contribution in [0.5, 0.6) is 0 Å². The van der Waals surface area contributed by atoms with Gasteiger partial charge in [-0.1, -0.05) is 6.92 Å². The molecule has 2 heterocycles. The zero-order valence-electron chi connectivity index (χ0n) is 13.2. The number of carbonyl (C=O) groups excluding carboxylic acids is 2. The van der Waals surface area contributed by atoms with Crippen molar-refractivity contribution in [2.24, 2.45) is 0 Å². The molecule has 22 heavy (non-hydrogen) atoms. The first-order chi connectivity index (χ1) is 10.7. The normalized spacial score (nSPS) is 17.3. The van der Waals surface area contributed by atoms with Gasteiger partial charge in [0.15, 0.2) is 0 Å². The number of methoxy groups -OCH3 is 1. The average Bonchev–Trinajstić information content (AvgIpc) is 2.98. The maximum absolute atomic E-state index is 12.5. The van der Waals surface area contributed by atoms with Crippen LogP contribution in [0, 0.1) is 0 Å². The fraction of sp³-hybridized carbons (Fsp3) is 0.600. The summed E-state index contributed by atoms with van der Waals surface area (Å²) in [7, 11) is 1.61. The van der Waals surface area contributed by atoms with Gasteiger partial charge in [0.25, 0.3) is 5.91 Å². The van der Waals surface area contributed by atoms with E-state index < -0.39 is 0 Å². The lowest BCUT2D eigenvalue weighted by atomic mass is 10.1. The smallest absolute Gasteiger partial charge is 0.314 e. The predicted octanol–water partition coefficient (Wildman–Crippen LogP) is 0.668. The second-order valence-electron chi connectivity index (χ2n) is 5.33. The van der Waals surface area contributed by atoms with Crippen molar-refractivity contribution in [3.05, 3.63) is 24.0 Å². The molecule has 0 radical (unpaired) electrons. The molecule has 0 saturated heterocycles. The van der Waals surface area contributed by atoms with Crippen LogP contribution in [0.15, 0.2) is 18.3 Å². The van der Waals surface area contributed by atoms with Crippen LogP contribution < -0.4 is 10.6 Å². The third kappa shape index (κ3) is 3.79. The summed E-state index contributed by atoms with van der Waals surface area (Å²) in [6, 6.07) is 3.42. The number of carbonyl (C=O) groups is 2. The lowest BCUT2D eigenvalue weighted by Gasteiger charge is -2.36. The van der Waals surface area contributed by atoms with Crippen molar-refractivity contribution in [1.82, 2.24) is 20.1 Å². The number of hydrogen-bond acceptors (Lipinski definition) is 3. The van der Waals surface area contributed by atoms with E-state index in [2.05, 4.69) is 10.6 Å².